The maximum Gasteiger partial charge on any atom is 0.192 e. The first kappa shape index (κ1) is 22.3. The predicted molar refractivity (Wildman–Crippen MR) is 110 cm³/mol. The van der Waals surface area contributed by atoms with Gasteiger partial charge in [-0.1, -0.05) is 20.8 Å². The van der Waals surface area contributed by atoms with Crippen LogP contribution in [0.5, 0.6) is 0 Å². The highest BCUT2D eigenvalue weighted by Gasteiger charge is 2.54. The zero-order valence-corrected chi connectivity index (χ0v) is 19.2. The van der Waals surface area contributed by atoms with E-state index in [0.29, 0.717) is 11.5 Å². The van der Waals surface area contributed by atoms with Gasteiger partial charge in [0.25, 0.3) is 0 Å². The van der Waals surface area contributed by atoms with Crippen LogP contribution >= 0.6 is 0 Å². The Hall–Kier alpha value is 0.0169. The van der Waals surface area contributed by atoms with Crippen LogP contribution in [-0.2, 0) is 13.9 Å². The summed E-state index contributed by atoms with van der Waals surface area (Å²) in [7, 11) is 1.66. The lowest BCUT2D eigenvalue weighted by Gasteiger charge is -2.46. The molecule has 6 heteroatoms. The third-order valence-corrected chi connectivity index (χ3v) is 11.3. The van der Waals surface area contributed by atoms with Crippen LogP contribution < -0.4 is 5.32 Å². The lowest BCUT2D eigenvalue weighted by atomic mass is 9.90. The zero-order chi connectivity index (χ0) is 19.4. The minimum atomic E-state index is -1.70. The first-order valence-electron chi connectivity index (χ1n) is 10.3. The molecule has 1 spiro atoms. The Kier molecular flexibility index (Phi) is 7.73. The molecule has 2 aliphatic rings. The van der Waals surface area contributed by atoms with Gasteiger partial charge in [-0.25, -0.2) is 0 Å². The van der Waals surface area contributed by atoms with E-state index in [1.54, 1.807) is 14.2 Å². The van der Waals surface area contributed by atoms with Crippen LogP contribution in [-0.4, -0.2) is 72.6 Å². The summed E-state index contributed by atoms with van der Waals surface area (Å²) in [6.07, 6.45) is 5.50. The Bertz CT molecular complexity index is 431. The number of hydrogen-bond acceptors (Lipinski definition) is 5. The number of hydrogen-bond donors (Lipinski definition) is 1. The van der Waals surface area contributed by atoms with Crippen molar-refractivity contribution in [2.45, 2.75) is 77.0 Å². The van der Waals surface area contributed by atoms with Crippen LogP contribution in [0.4, 0.5) is 0 Å². The third kappa shape index (κ3) is 5.76. The van der Waals surface area contributed by atoms with Gasteiger partial charge in [-0.2, -0.15) is 0 Å². The molecular weight excluding hydrogens is 344 g/mol. The molecule has 0 aromatic rings. The van der Waals surface area contributed by atoms with Crippen LogP contribution in [0.3, 0.4) is 0 Å². The van der Waals surface area contributed by atoms with E-state index in [4.69, 9.17) is 13.9 Å². The molecule has 2 fully saturated rings. The molecule has 154 valence electrons. The second-order valence-electron chi connectivity index (χ2n) is 9.74. The summed E-state index contributed by atoms with van der Waals surface area (Å²) in [6, 6.07) is 0. The van der Waals surface area contributed by atoms with Gasteiger partial charge in [0.2, 0.25) is 0 Å². The van der Waals surface area contributed by atoms with E-state index in [9.17, 15) is 0 Å². The fourth-order valence-electron chi connectivity index (χ4n) is 3.60. The Morgan fingerprint density at radius 3 is 2.35 bits per heavy atom. The largest absolute Gasteiger partial charge is 0.412 e. The molecule has 1 unspecified atom stereocenters. The molecule has 1 heterocycles. The summed E-state index contributed by atoms with van der Waals surface area (Å²) in [5.74, 6) is 0. The quantitative estimate of drug-likeness (QED) is 0.354. The minimum Gasteiger partial charge on any atom is -0.412 e. The average Bonchev–Trinajstić information content (AvgIpc) is 3.33. The number of likely N-dealkylation sites (tertiary alicyclic amines) is 1. The van der Waals surface area contributed by atoms with Crippen molar-refractivity contribution in [3.05, 3.63) is 0 Å². The Balaban J connectivity index is 1.77. The van der Waals surface area contributed by atoms with Crippen LogP contribution in [0.15, 0.2) is 0 Å². The SMILES string of the molecule is COC(CNCCCN1CCC2(CC2)C(O[Si](C)(C)C(C)(C)C)C1)OC. The molecule has 1 N–H and O–H groups in total. The lowest BCUT2D eigenvalue weighted by molar-refractivity contribution is -0.0987. The van der Waals surface area contributed by atoms with E-state index < -0.39 is 8.32 Å². The lowest BCUT2D eigenvalue weighted by Crippen LogP contribution is -2.53. The second-order valence-corrected chi connectivity index (χ2v) is 14.5. The third-order valence-electron chi connectivity index (χ3n) is 6.83. The van der Waals surface area contributed by atoms with E-state index in [1.807, 2.05) is 0 Å². The maximum atomic E-state index is 6.89. The number of piperidine rings is 1. The molecule has 1 aliphatic carbocycles. The van der Waals surface area contributed by atoms with Crippen molar-refractivity contribution in [2.24, 2.45) is 5.41 Å². The van der Waals surface area contributed by atoms with E-state index in [-0.39, 0.29) is 11.3 Å². The number of methoxy groups -OCH3 is 2. The summed E-state index contributed by atoms with van der Waals surface area (Å²) < 4.78 is 17.3. The van der Waals surface area contributed by atoms with Crippen LogP contribution in [0, 0.1) is 5.41 Å². The molecule has 26 heavy (non-hydrogen) atoms. The highest BCUT2D eigenvalue weighted by Crippen LogP contribution is 2.56. The molecule has 2 rings (SSSR count). The standard InChI is InChI=1S/C20H42N2O3Si/c1-19(2,3)26(6,7)25-17-16-22(14-11-20(17)9-10-20)13-8-12-21-15-18(23-4)24-5/h17-18,21H,8-16H2,1-7H3. The Morgan fingerprint density at radius 1 is 1.15 bits per heavy atom. The first-order chi connectivity index (χ1) is 12.1. The van der Waals surface area contributed by atoms with Crippen molar-refractivity contribution in [3.63, 3.8) is 0 Å². The second kappa shape index (κ2) is 9.01. The van der Waals surface area contributed by atoms with Gasteiger partial charge in [0, 0.05) is 27.3 Å². The van der Waals surface area contributed by atoms with Gasteiger partial charge in [-0.15, -0.1) is 0 Å². The monoisotopic (exact) mass is 386 g/mol. The summed E-state index contributed by atoms with van der Waals surface area (Å²) in [4.78, 5) is 2.62. The van der Waals surface area contributed by atoms with Gasteiger partial charge in [-0.05, 0) is 68.9 Å². The number of ether oxygens (including phenoxy) is 2. The van der Waals surface area contributed by atoms with Crippen molar-refractivity contribution in [2.75, 3.05) is 46.9 Å². The molecule has 1 atom stereocenters. The zero-order valence-electron chi connectivity index (χ0n) is 18.2. The van der Waals surface area contributed by atoms with Gasteiger partial charge >= 0.3 is 0 Å². The van der Waals surface area contributed by atoms with Crippen LogP contribution in [0.1, 0.15) is 46.5 Å². The van der Waals surface area contributed by atoms with Crippen molar-refractivity contribution < 1.29 is 13.9 Å². The molecule has 0 aromatic carbocycles. The van der Waals surface area contributed by atoms with Gasteiger partial charge in [-0.3, -0.25) is 0 Å². The highest BCUT2D eigenvalue weighted by molar-refractivity contribution is 6.74. The predicted octanol–water partition coefficient (Wildman–Crippen LogP) is 3.46. The van der Waals surface area contributed by atoms with Crippen LogP contribution in [0.25, 0.3) is 0 Å². The number of rotatable bonds is 10. The molecular formula is C20H42N2O3Si. The smallest absolute Gasteiger partial charge is 0.192 e. The van der Waals surface area contributed by atoms with Gasteiger partial charge in [0.05, 0.1) is 6.10 Å². The van der Waals surface area contributed by atoms with E-state index in [1.165, 1.54) is 25.8 Å². The average molecular weight is 387 g/mol. The summed E-state index contributed by atoms with van der Waals surface area (Å²) in [5, 5.41) is 3.71. The van der Waals surface area contributed by atoms with Crippen molar-refractivity contribution in [3.8, 4) is 0 Å². The maximum absolute atomic E-state index is 6.89. The van der Waals surface area contributed by atoms with E-state index in [2.05, 4.69) is 44.1 Å². The molecule has 1 aliphatic heterocycles. The molecule has 0 aromatic heterocycles. The summed E-state index contributed by atoms with van der Waals surface area (Å²) in [5.41, 5.74) is 0.508. The Labute approximate surface area is 162 Å². The molecule has 5 nitrogen and oxygen atoms in total. The topological polar surface area (TPSA) is 43.0 Å². The van der Waals surface area contributed by atoms with E-state index in [0.717, 1.165) is 32.6 Å². The number of nitrogens with zero attached hydrogens (tertiary/aromatic N) is 1. The molecule has 0 amide bonds. The number of nitrogens with one attached hydrogen (secondary N) is 1. The summed E-state index contributed by atoms with van der Waals surface area (Å²) in [6.45, 7) is 17.1. The van der Waals surface area contributed by atoms with Gasteiger partial charge in [0.1, 0.15) is 0 Å². The highest BCUT2D eigenvalue weighted by atomic mass is 28.4. The first-order valence-corrected chi connectivity index (χ1v) is 13.2. The fraction of sp³-hybridized carbons (Fsp3) is 1.00. The van der Waals surface area contributed by atoms with Crippen molar-refractivity contribution >= 4 is 8.32 Å². The van der Waals surface area contributed by atoms with Gasteiger partial charge < -0.3 is 24.1 Å². The Morgan fingerprint density at radius 2 is 1.81 bits per heavy atom. The van der Waals surface area contributed by atoms with E-state index >= 15 is 0 Å². The van der Waals surface area contributed by atoms with Crippen LogP contribution in [0.2, 0.25) is 18.1 Å². The molecule has 1 saturated carbocycles. The van der Waals surface area contributed by atoms with Crippen molar-refractivity contribution in [1.29, 1.82) is 0 Å². The summed E-state index contributed by atoms with van der Waals surface area (Å²) >= 11 is 0. The van der Waals surface area contributed by atoms with Crippen molar-refractivity contribution in [1.82, 2.24) is 10.2 Å². The molecule has 0 radical (unpaired) electrons. The normalized spacial score (nSPS) is 23.8. The molecule has 0 bridgehead atoms. The fourth-order valence-corrected chi connectivity index (χ4v) is 4.99. The minimum absolute atomic E-state index is 0.151. The molecule has 1 saturated heterocycles. The van der Waals surface area contributed by atoms with Gasteiger partial charge in [0.15, 0.2) is 14.6 Å².